The van der Waals surface area contributed by atoms with Gasteiger partial charge < -0.3 is 15.5 Å². The van der Waals surface area contributed by atoms with E-state index in [0.29, 0.717) is 11.6 Å². The normalized spacial score (nSPS) is 10.4. The molecule has 0 aliphatic carbocycles. The number of aryl methyl sites for hydroxylation is 1. The summed E-state index contributed by atoms with van der Waals surface area (Å²) in [5.74, 6) is 0.595. The number of hydrogen-bond donors (Lipinski definition) is 2. The Morgan fingerprint density at radius 3 is 2.73 bits per heavy atom. The number of anilines is 2. The molecule has 3 N–H and O–H groups in total. The summed E-state index contributed by atoms with van der Waals surface area (Å²) in [7, 11) is 0. The number of nitrogen functional groups attached to an aromatic ring is 1. The number of para-hydroxylation sites is 1. The molecule has 22 heavy (non-hydrogen) atoms. The first-order chi connectivity index (χ1) is 10.6. The molecule has 1 aromatic carbocycles. The summed E-state index contributed by atoms with van der Waals surface area (Å²) in [4.78, 5) is 20.5. The third kappa shape index (κ3) is 2.67. The van der Waals surface area contributed by atoms with Crippen LogP contribution in [0.25, 0.3) is 11.6 Å². The minimum absolute atomic E-state index is 0.104. The molecule has 3 aromatic rings. The number of benzene rings is 1. The molecule has 0 unspecified atom stereocenters. The number of nitrogens with two attached hydrogens (primary N) is 1. The zero-order valence-electron chi connectivity index (χ0n) is 11.9. The number of rotatable bonds is 3. The van der Waals surface area contributed by atoms with Crippen LogP contribution in [0.3, 0.4) is 0 Å². The highest BCUT2D eigenvalue weighted by Crippen LogP contribution is 2.20. The maximum absolute atomic E-state index is 12.3. The van der Waals surface area contributed by atoms with Gasteiger partial charge in [0.1, 0.15) is 11.4 Å². The predicted molar refractivity (Wildman–Crippen MR) is 83.3 cm³/mol. The van der Waals surface area contributed by atoms with Gasteiger partial charge in [-0.05, 0) is 30.7 Å². The number of carbonyl (C=O) groups excluding carboxylic acids is 1. The van der Waals surface area contributed by atoms with Gasteiger partial charge in [-0.1, -0.05) is 18.2 Å². The summed E-state index contributed by atoms with van der Waals surface area (Å²) in [5, 5.41) is 2.80. The summed E-state index contributed by atoms with van der Waals surface area (Å²) in [5.41, 5.74) is 7.77. The topological polar surface area (TPSA) is 94.0 Å². The Morgan fingerprint density at radius 2 is 2.05 bits per heavy atom. The molecular formula is C16H14N4O2. The lowest BCUT2D eigenvalue weighted by molar-refractivity contribution is 0.102. The van der Waals surface area contributed by atoms with E-state index in [1.165, 1.54) is 12.5 Å². The summed E-state index contributed by atoms with van der Waals surface area (Å²) >= 11 is 0. The molecule has 0 fully saturated rings. The van der Waals surface area contributed by atoms with E-state index in [2.05, 4.69) is 15.3 Å². The maximum Gasteiger partial charge on any atom is 0.260 e. The third-order valence-electron chi connectivity index (χ3n) is 3.20. The second-order valence-electron chi connectivity index (χ2n) is 4.74. The smallest absolute Gasteiger partial charge is 0.260 e. The van der Waals surface area contributed by atoms with Crippen molar-refractivity contribution in [3.63, 3.8) is 0 Å². The summed E-state index contributed by atoms with van der Waals surface area (Å²) in [6.45, 7) is 1.91. The summed E-state index contributed by atoms with van der Waals surface area (Å²) < 4.78 is 5.21. The van der Waals surface area contributed by atoms with Crippen LogP contribution in [0.1, 0.15) is 15.9 Å². The van der Waals surface area contributed by atoms with Crippen molar-refractivity contribution in [3.8, 4) is 11.6 Å². The molecule has 0 radical (unpaired) electrons. The summed E-state index contributed by atoms with van der Waals surface area (Å²) in [6, 6.07) is 10.9. The van der Waals surface area contributed by atoms with Crippen LogP contribution >= 0.6 is 0 Å². The Hall–Kier alpha value is -3.15. The van der Waals surface area contributed by atoms with Gasteiger partial charge in [0.05, 0.1) is 6.26 Å². The number of amides is 1. The molecule has 2 aromatic heterocycles. The highest BCUT2D eigenvalue weighted by molar-refractivity contribution is 6.07. The Labute approximate surface area is 127 Å². The molecule has 2 heterocycles. The largest absolute Gasteiger partial charge is 0.461 e. The monoisotopic (exact) mass is 294 g/mol. The number of carbonyl (C=O) groups is 1. The fraction of sp³-hybridized carbons (Fsp3) is 0.0625. The number of nitrogens with one attached hydrogen (secondary N) is 1. The highest BCUT2D eigenvalue weighted by atomic mass is 16.3. The van der Waals surface area contributed by atoms with Gasteiger partial charge in [0, 0.05) is 11.9 Å². The number of furan rings is 1. The first kappa shape index (κ1) is 13.8. The van der Waals surface area contributed by atoms with Gasteiger partial charge in [-0.15, -0.1) is 0 Å². The molecule has 0 bridgehead atoms. The van der Waals surface area contributed by atoms with Gasteiger partial charge in [-0.3, -0.25) is 4.79 Å². The molecule has 0 spiro atoms. The predicted octanol–water partition coefficient (Wildman–Crippen LogP) is 2.88. The van der Waals surface area contributed by atoms with Gasteiger partial charge in [-0.2, -0.15) is 0 Å². The molecule has 0 aliphatic rings. The van der Waals surface area contributed by atoms with Gasteiger partial charge >= 0.3 is 0 Å². The molecule has 1 amide bonds. The van der Waals surface area contributed by atoms with E-state index in [0.717, 1.165) is 11.3 Å². The fourth-order valence-electron chi connectivity index (χ4n) is 2.00. The second-order valence-corrected chi connectivity index (χ2v) is 4.74. The van der Waals surface area contributed by atoms with E-state index in [4.69, 9.17) is 10.2 Å². The van der Waals surface area contributed by atoms with Crippen LogP contribution < -0.4 is 11.1 Å². The van der Waals surface area contributed by atoms with E-state index in [1.54, 1.807) is 12.1 Å². The first-order valence-corrected chi connectivity index (χ1v) is 6.68. The minimum Gasteiger partial charge on any atom is -0.461 e. The average Bonchev–Trinajstić information content (AvgIpc) is 3.03. The van der Waals surface area contributed by atoms with Crippen molar-refractivity contribution in [1.29, 1.82) is 0 Å². The van der Waals surface area contributed by atoms with E-state index in [9.17, 15) is 4.79 Å². The minimum atomic E-state index is -0.349. The van der Waals surface area contributed by atoms with Crippen LogP contribution in [-0.4, -0.2) is 15.9 Å². The van der Waals surface area contributed by atoms with Crippen LogP contribution in [0.15, 0.2) is 53.3 Å². The zero-order chi connectivity index (χ0) is 15.5. The lowest BCUT2D eigenvalue weighted by atomic mass is 10.2. The van der Waals surface area contributed by atoms with Gasteiger partial charge in [0.25, 0.3) is 5.91 Å². The molecule has 0 saturated carbocycles. The van der Waals surface area contributed by atoms with E-state index in [-0.39, 0.29) is 17.3 Å². The number of aromatic nitrogens is 2. The quantitative estimate of drug-likeness (QED) is 0.774. The molecule has 110 valence electrons. The molecule has 3 rings (SSSR count). The van der Waals surface area contributed by atoms with Crippen LogP contribution in [-0.2, 0) is 0 Å². The van der Waals surface area contributed by atoms with Crippen LogP contribution in [0.2, 0.25) is 0 Å². The van der Waals surface area contributed by atoms with Gasteiger partial charge in [0.2, 0.25) is 0 Å². The Morgan fingerprint density at radius 1 is 1.23 bits per heavy atom. The Bertz CT molecular complexity index is 813. The zero-order valence-corrected chi connectivity index (χ0v) is 11.9. The third-order valence-corrected chi connectivity index (χ3v) is 3.20. The second kappa shape index (κ2) is 5.69. The number of hydrogen-bond acceptors (Lipinski definition) is 5. The first-order valence-electron chi connectivity index (χ1n) is 6.68. The Balaban J connectivity index is 1.86. The van der Waals surface area contributed by atoms with E-state index in [1.807, 2.05) is 31.2 Å². The van der Waals surface area contributed by atoms with Crippen LogP contribution in [0.4, 0.5) is 11.5 Å². The summed E-state index contributed by atoms with van der Waals surface area (Å²) in [6.07, 6.45) is 2.92. The van der Waals surface area contributed by atoms with E-state index < -0.39 is 0 Å². The van der Waals surface area contributed by atoms with Crippen molar-refractivity contribution in [3.05, 3.63) is 60.0 Å². The lowest BCUT2D eigenvalue weighted by Gasteiger charge is -2.09. The maximum atomic E-state index is 12.3. The molecule has 0 aliphatic heterocycles. The van der Waals surface area contributed by atoms with Crippen molar-refractivity contribution in [2.24, 2.45) is 0 Å². The van der Waals surface area contributed by atoms with Crippen molar-refractivity contribution < 1.29 is 9.21 Å². The van der Waals surface area contributed by atoms with Gasteiger partial charge in [0.15, 0.2) is 11.6 Å². The van der Waals surface area contributed by atoms with Crippen molar-refractivity contribution in [2.75, 3.05) is 11.1 Å². The van der Waals surface area contributed by atoms with E-state index >= 15 is 0 Å². The van der Waals surface area contributed by atoms with Gasteiger partial charge in [-0.25, -0.2) is 9.97 Å². The molecule has 0 atom stereocenters. The van der Waals surface area contributed by atoms with Crippen LogP contribution in [0.5, 0.6) is 0 Å². The van der Waals surface area contributed by atoms with Crippen molar-refractivity contribution in [2.45, 2.75) is 6.92 Å². The average molecular weight is 294 g/mol. The SMILES string of the molecule is Cc1ccccc1NC(=O)c1cnc(-c2ccco2)nc1N. The van der Waals surface area contributed by atoms with Crippen molar-refractivity contribution in [1.82, 2.24) is 9.97 Å². The lowest BCUT2D eigenvalue weighted by Crippen LogP contribution is -2.16. The molecular weight excluding hydrogens is 280 g/mol. The molecule has 0 saturated heterocycles. The standard InChI is InChI=1S/C16H14N4O2/c1-10-5-2-3-6-12(10)19-16(21)11-9-18-15(20-14(11)17)13-7-4-8-22-13/h2-9H,1H3,(H,19,21)(H2,17,18,20). The van der Waals surface area contributed by atoms with Crippen molar-refractivity contribution >= 4 is 17.4 Å². The molecule has 6 nitrogen and oxygen atoms in total. The highest BCUT2D eigenvalue weighted by Gasteiger charge is 2.15. The number of nitrogens with zero attached hydrogens (tertiary/aromatic N) is 2. The molecule has 6 heteroatoms. The Kier molecular flexibility index (Phi) is 3.57. The van der Waals surface area contributed by atoms with Crippen LogP contribution in [0, 0.1) is 6.92 Å². The fourth-order valence-corrected chi connectivity index (χ4v) is 2.00.